The minimum Gasteiger partial charge on any atom is -0.467 e. The average molecular weight is 192 g/mol. The van der Waals surface area contributed by atoms with Gasteiger partial charge in [-0.05, 0) is 19.1 Å². The third-order valence-corrected chi connectivity index (χ3v) is 1.81. The molecule has 0 radical (unpaired) electrons. The summed E-state index contributed by atoms with van der Waals surface area (Å²) < 4.78 is 10.9. The molecule has 1 aromatic heterocycles. The normalized spacial score (nSPS) is 12.4. The van der Waals surface area contributed by atoms with Crippen molar-refractivity contribution in [3.8, 4) is 0 Å². The maximum absolute atomic E-state index is 5.57. The predicted molar refractivity (Wildman–Crippen MR) is 57.0 cm³/mol. The van der Waals surface area contributed by atoms with Crippen molar-refractivity contribution in [3.05, 3.63) is 49.0 Å². The fourth-order valence-electron chi connectivity index (χ4n) is 1.22. The van der Waals surface area contributed by atoms with Crippen LogP contribution < -0.4 is 0 Å². The van der Waals surface area contributed by atoms with Crippen LogP contribution in [0.4, 0.5) is 0 Å². The highest BCUT2D eigenvalue weighted by molar-refractivity contribution is 5.06. The van der Waals surface area contributed by atoms with E-state index in [0.717, 1.165) is 17.8 Å². The lowest BCUT2D eigenvalue weighted by Crippen LogP contribution is -2.03. The molecule has 2 nitrogen and oxygen atoms in total. The number of ether oxygens (including phenoxy) is 1. The Labute approximate surface area is 84.9 Å². The maximum atomic E-state index is 5.57. The molecule has 0 aliphatic heterocycles. The van der Waals surface area contributed by atoms with Crippen LogP contribution in [0.5, 0.6) is 0 Å². The van der Waals surface area contributed by atoms with Crippen molar-refractivity contribution < 1.29 is 9.15 Å². The van der Waals surface area contributed by atoms with Gasteiger partial charge in [-0.3, -0.25) is 0 Å². The van der Waals surface area contributed by atoms with E-state index < -0.39 is 0 Å². The summed E-state index contributed by atoms with van der Waals surface area (Å²) in [7, 11) is 0. The Bertz CT molecular complexity index is 285. The van der Waals surface area contributed by atoms with Crippen LogP contribution in [0.25, 0.3) is 0 Å². The van der Waals surface area contributed by atoms with Crippen molar-refractivity contribution >= 4 is 0 Å². The van der Waals surface area contributed by atoms with Gasteiger partial charge in [0.05, 0.1) is 12.9 Å². The van der Waals surface area contributed by atoms with Crippen LogP contribution in [-0.2, 0) is 4.74 Å². The lowest BCUT2D eigenvalue weighted by molar-refractivity contribution is 0.0578. The van der Waals surface area contributed by atoms with Gasteiger partial charge in [-0.1, -0.05) is 11.6 Å². The minimum atomic E-state index is -0.0412. The molecule has 0 aromatic carbocycles. The first-order valence-electron chi connectivity index (χ1n) is 4.64. The molecule has 1 rings (SSSR count). The summed E-state index contributed by atoms with van der Waals surface area (Å²) in [4.78, 5) is 0. The molecule has 0 aliphatic rings. The fourth-order valence-corrected chi connectivity index (χ4v) is 1.22. The highest BCUT2D eigenvalue weighted by Crippen LogP contribution is 2.24. The average Bonchev–Trinajstić information content (AvgIpc) is 2.64. The summed E-state index contributed by atoms with van der Waals surface area (Å²) in [5.41, 5.74) is 1.08. The zero-order valence-electron chi connectivity index (χ0n) is 8.53. The van der Waals surface area contributed by atoms with Gasteiger partial charge >= 0.3 is 0 Å². The van der Waals surface area contributed by atoms with E-state index in [2.05, 4.69) is 13.2 Å². The molecule has 76 valence electrons. The van der Waals surface area contributed by atoms with Crippen LogP contribution in [0.2, 0.25) is 0 Å². The van der Waals surface area contributed by atoms with Crippen LogP contribution in [0, 0.1) is 0 Å². The molecule has 0 fully saturated rings. The monoisotopic (exact) mass is 192 g/mol. The molecule has 1 unspecified atom stereocenters. The molecule has 0 N–H and O–H groups in total. The van der Waals surface area contributed by atoms with Crippen molar-refractivity contribution in [2.24, 2.45) is 0 Å². The second-order valence-electron chi connectivity index (χ2n) is 3.29. The predicted octanol–water partition coefficient (Wildman–Crippen LogP) is 3.49. The third kappa shape index (κ3) is 3.23. The topological polar surface area (TPSA) is 22.4 Å². The Morgan fingerprint density at radius 1 is 1.71 bits per heavy atom. The quantitative estimate of drug-likeness (QED) is 0.644. The van der Waals surface area contributed by atoms with E-state index in [1.165, 1.54) is 0 Å². The molecule has 14 heavy (non-hydrogen) atoms. The fraction of sp³-hybridized carbons (Fsp3) is 0.333. The van der Waals surface area contributed by atoms with Gasteiger partial charge in [0.2, 0.25) is 0 Å². The summed E-state index contributed by atoms with van der Waals surface area (Å²) in [6.45, 7) is 9.99. The Morgan fingerprint density at radius 2 is 2.50 bits per heavy atom. The first-order valence-corrected chi connectivity index (χ1v) is 4.64. The molecule has 0 saturated heterocycles. The molecule has 0 spiro atoms. The molecule has 1 heterocycles. The Kier molecular flexibility index (Phi) is 4.20. The van der Waals surface area contributed by atoms with E-state index in [1.807, 2.05) is 19.1 Å². The van der Waals surface area contributed by atoms with Crippen molar-refractivity contribution in [1.29, 1.82) is 0 Å². The summed E-state index contributed by atoms with van der Waals surface area (Å²) in [6, 6.07) is 3.77. The lowest BCUT2D eigenvalue weighted by atomic mass is 10.1. The van der Waals surface area contributed by atoms with E-state index in [-0.39, 0.29) is 6.10 Å². The smallest absolute Gasteiger partial charge is 0.132 e. The van der Waals surface area contributed by atoms with Crippen LogP contribution in [0.15, 0.2) is 47.6 Å². The van der Waals surface area contributed by atoms with E-state index in [9.17, 15) is 0 Å². The van der Waals surface area contributed by atoms with Crippen molar-refractivity contribution in [1.82, 2.24) is 0 Å². The molecule has 1 aromatic rings. The SMILES string of the molecule is C=CCOC(CC(=C)C)c1ccco1. The minimum absolute atomic E-state index is 0.0412. The van der Waals surface area contributed by atoms with Crippen molar-refractivity contribution in [2.45, 2.75) is 19.4 Å². The second-order valence-corrected chi connectivity index (χ2v) is 3.29. The number of hydrogen-bond donors (Lipinski definition) is 0. The van der Waals surface area contributed by atoms with Gasteiger partial charge in [-0.25, -0.2) is 0 Å². The summed E-state index contributed by atoms with van der Waals surface area (Å²) in [5, 5.41) is 0. The first-order chi connectivity index (χ1) is 6.74. The van der Waals surface area contributed by atoms with E-state index >= 15 is 0 Å². The van der Waals surface area contributed by atoms with Gasteiger partial charge in [-0.15, -0.1) is 13.2 Å². The third-order valence-electron chi connectivity index (χ3n) is 1.81. The van der Waals surface area contributed by atoms with Crippen molar-refractivity contribution in [2.75, 3.05) is 6.61 Å². The largest absolute Gasteiger partial charge is 0.467 e. The van der Waals surface area contributed by atoms with Gasteiger partial charge in [0.25, 0.3) is 0 Å². The van der Waals surface area contributed by atoms with Gasteiger partial charge in [0.15, 0.2) is 0 Å². The zero-order valence-corrected chi connectivity index (χ0v) is 8.53. The molecule has 1 atom stereocenters. The van der Waals surface area contributed by atoms with E-state index in [0.29, 0.717) is 6.61 Å². The van der Waals surface area contributed by atoms with Crippen LogP contribution in [0.1, 0.15) is 25.2 Å². The van der Waals surface area contributed by atoms with Crippen molar-refractivity contribution in [3.63, 3.8) is 0 Å². The maximum Gasteiger partial charge on any atom is 0.132 e. The number of rotatable bonds is 6. The van der Waals surface area contributed by atoms with Crippen LogP contribution in [0.3, 0.4) is 0 Å². The van der Waals surface area contributed by atoms with Gasteiger partial charge in [-0.2, -0.15) is 0 Å². The lowest BCUT2D eigenvalue weighted by Gasteiger charge is -2.14. The molecule has 0 bridgehead atoms. The molecule has 0 amide bonds. The summed E-state index contributed by atoms with van der Waals surface area (Å²) >= 11 is 0. The van der Waals surface area contributed by atoms with Gasteiger partial charge in [0.1, 0.15) is 11.9 Å². The highest BCUT2D eigenvalue weighted by atomic mass is 16.5. The standard InChI is InChI=1S/C12H16O2/c1-4-7-13-12(9-10(2)3)11-6-5-8-14-11/h4-6,8,12H,1-2,7,9H2,3H3. The Morgan fingerprint density at radius 3 is 3.00 bits per heavy atom. The first kappa shape index (κ1) is 10.8. The number of furan rings is 1. The van der Waals surface area contributed by atoms with E-state index in [4.69, 9.17) is 9.15 Å². The molecular formula is C12H16O2. The van der Waals surface area contributed by atoms with E-state index in [1.54, 1.807) is 12.3 Å². The zero-order chi connectivity index (χ0) is 10.4. The molecule has 0 saturated carbocycles. The summed E-state index contributed by atoms with van der Waals surface area (Å²) in [5.74, 6) is 0.842. The number of hydrogen-bond acceptors (Lipinski definition) is 2. The van der Waals surface area contributed by atoms with Crippen LogP contribution in [-0.4, -0.2) is 6.61 Å². The molecule has 0 aliphatic carbocycles. The summed E-state index contributed by atoms with van der Waals surface area (Å²) in [6.07, 6.45) is 4.12. The highest BCUT2D eigenvalue weighted by Gasteiger charge is 2.14. The van der Waals surface area contributed by atoms with Gasteiger partial charge in [0, 0.05) is 6.42 Å². The Hall–Kier alpha value is -1.28. The van der Waals surface area contributed by atoms with Gasteiger partial charge < -0.3 is 9.15 Å². The molecule has 2 heteroatoms. The second kappa shape index (κ2) is 5.45. The van der Waals surface area contributed by atoms with Crippen LogP contribution >= 0.6 is 0 Å². The Balaban J connectivity index is 2.61. The molecular weight excluding hydrogens is 176 g/mol.